The van der Waals surface area contributed by atoms with Gasteiger partial charge in [-0.05, 0) is 0 Å². The van der Waals surface area contributed by atoms with Crippen LogP contribution < -0.4 is 16.0 Å². The van der Waals surface area contributed by atoms with Gasteiger partial charge >= 0.3 is 0 Å². The van der Waals surface area contributed by atoms with E-state index in [4.69, 9.17) is 10.00 Å². The molecule has 1 heterocycles. The number of amides is 1. The van der Waals surface area contributed by atoms with Crippen molar-refractivity contribution in [3.63, 3.8) is 0 Å². The van der Waals surface area contributed by atoms with E-state index in [1.807, 2.05) is 6.07 Å². The smallest absolute Gasteiger partial charge is 0.263 e. The normalized spacial score (nSPS) is 16.5. The van der Waals surface area contributed by atoms with E-state index in [0.717, 1.165) is 39.3 Å². The lowest BCUT2D eigenvalue weighted by atomic mass is 10.3. The Balaban J connectivity index is 2.23. The highest BCUT2D eigenvalue weighted by Crippen LogP contribution is 1.92. The van der Waals surface area contributed by atoms with Crippen molar-refractivity contribution in [2.45, 2.75) is 0 Å². The molecule has 20 heavy (non-hydrogen) atoms. The van der Waals surface area contributed by atoms with E-state index < -0.39 is 0 Å². The number of hydrogen-bond donors (Lipinski definition) is 3. The summed E-state index contributed by atoms with van der Waals surface area (Å²) in [7, 11) is 1.56. The summed E-state index contributed by atoms with van der Waals surface area (Å²) < 4.78 is 4.83. The zero-order valence-electron chi connectivity index (χ0n) is 11.9. The van der Waals surface area contributed by atoms with Crippen LogP contribution in [0.25, 0.3) is 0 Å². The molecule has 0 aromatic carbocycles. The fourth-order valence-electron chi connectivity index (χ4n) is 1.84. The number of carbonyl (C=O) groups excluding carboxylic acids is 1. The highest BCUT2D eigenvalue weighted by Gasteiger charge is 2.09. The topological polar surface area (TPSA) is 89.4 Å². The van der Waals surface area contributed by atoms with Gasteiger partial charge in [0.25, 0.3) is 5.91 Å². The molecule has 0 spiro atoms. The summed E-state index contributed by atoms with van der Waals surface area (Å²) in [5.74, 6) is -0.376. The standard InChI is InChI=1S/C13H23N5O2/c1-20-9-5-17-13(19)12(10-14)11-16-4-8-18-6-2-15-3-7-18/h11,15-16H,2-9H2,1H3,(H,17,19)/b12-11-. The van der Waals surface area contributed by atoms with Gasteiger partial charge in [0.1, 0.15) is 11.6 Å². The highest BCUT2D eigenvalue weighted by atomic mass is 16.5. The number of rotatable bonds is 8. The number of nitrogens with zero attached hydrogens (tertiary/aromatic N) is 2. The molecule has 1 amide bonds. The van der Waals surface area contributed by atoms with Gasteiger partial charge in [-0.15, -0.1) is 0 Å². The predicted octanol–water partition coefficient (Wildman–Crippen LogP) is -1.35. The minimum atomic E-state index is -0.376. The Bertz CT molecular complexity index is 358. The number of hydrogen-bond acceptors (Lipinski definition) is 6. The third-order valence-corrected chi connectivity index (χ3v) is 2.99. The molecular weight excluding hydrogens is 258 g/mol. The van der Waals surface area contributed by atoms with Gasteiger partial charge in [0, 0.05) is 59.1 Å². The lowest BCUT2D eigenvalue weighted by Gasteiger charge is -2.26. The SMILES string of the molecule is COCCNC(=O)/C(C#N)=C\NCCN1CCNCC1. The lowest BCUT2D eigenvalue weighted by molar-refractivity contribution is -0.117. The summed E-state index contributed by atoms with van der Waals surface area (Å²) in [5, 5.41) is 17.9. The number of carbonyl (C=O) groups is 1. The minimum Gasteiger partial charge on any atom is -0.388 e. The molecule has 1 rings (SSSR count). The van der Waals surface area contributed by atoms with Crippen LogP contribution in [0.3, 0.4) is 0 Å². The van der Waals surface area contributed by atoms with Crippen LogP contribution in [0.1, 0.15) is 0 Å². The van der Waals surface area contributed by atoms with Crippen molar-refractivity contribution >= 4 is 5.91 Å². The molecule has 3 N–H and O–H groups in total. The van der Waals surface area contributed by atoms with E-state index in [2.05, 4.69) is 20.9 Å². The Morgan fingerprint density at radius 2 is 2.20 bits per heavy atom. The third kappa shape index (κ3) is 6.52. The van der Waals surface area contributed by atoms with Crippen LogP contribution in [0.15, 0.2) is 11.8 Å². The Hall–Kier alpha value is -1.62. The molecule has 0 aliphatic carbocycles. The molecule has 0 aromatic rings. The van der Waals surface area contributed by atoms with Gasteiger partial charge in [-0.2, -0.15) is 5.26 Å². The molecule has 1 fully saturated rings. The average Bonchev–Trinajstić information content (AvgIpc) is 2.48. The van der Waals surface area contributed by atoms with E-state index in [-0.39, 0.29) is 11.5 Å². The first kappa shape index (κ1) is 16.4. The van der Waals surface area contributed by atoms with E-state index in [0.29, 0.717) is 13.2 Å². The van der Waals surface area contributed by atoms with Crippen molar-refractivity contribution in [2.24, 2.45) is 0 Å². The first-order valence-electron chi connectivity index (χ1n) is 6.81. The number of ether oxygens (including phenoxy) is 1. The Kier molecular flexibility index (Phi) is 8.38. The molecule has 1 saturated heterocycles. The van der Waals surface area contributed by atoms with Crippen molar-refractivity contribution in [1.82, 2.24) is 20.9 Å². The average molecular weight is 281 g/mol. The van der Waals surface area contributed by atoms with Crippen molar-refractivity contribution < 1.29 is 9.53 Å². The van der Waals surface area contributed by atoms with Crippen molar-refractivity contribution in [1.29, 1.82) is 5.26 Å². The summed E-state index contributed by atoms with van der Waals surface area (Å²) in [6.45, 7) is 6.55. The van der Waals surface area contributed by atoms with Crippen LogP contribution >= 0.6 is 0 Å². The lowest BCUT2D eigenvalue weighted by Crippen LogP contribution is -2.45. The first-order chi connectivity index (χ1) is 9.77. The molecule has 1 aliphatic rings. The van der Waals surface area contributed by atoms with Crippen LogP contribution in [0.4, 0.5) is 0 Å². The molecule has 0 aromatic heterocycles. The van der Waals surface area contributed by atoms with E-state index in [1.54, 1.807) is 7.11 Å². The Morgan fingerprint density at radius 1 is 1.45 bits per heavy atom. The molecule has 0 bridgehead atoms. The van der Waals surface area contributed by atoms with E-state index >= 15 is 0 Å². The quantitative estimate of drug-likeness (QED) is 0.290. The molecule has 112 valence electrons. The second-order valence-corrected chi connectivity index (χ2v) is 4.46. The summed E-state index contributed by atoms with van der Waals surface area (Å²) in [6.07, 6.45) is 1.48. The Labute approximate surface area is 120 Å². The van der Waals surface area contributed by atoms with Crippen molar-refractivity contribution in [3.8, 4) is 6.07 Å². The predicted molar refractivity (Wildman–Crippen MR) is 75.9 cm³/mol. The second kappa shape index (κ2) is 10.2. The second-order valence-electron chi connectivity index (χ2n) is 4.46. The summed E-state index contributed by atoms with van der Waals surface area (Å²) in [4.78, 5) is 14.0. The van der Waals surface area contributed by atoms with Crippen LogP contribution in [-0.2, 0) is 9.53 Å². The van der Waals surface area contributed by atoms with Crippen LogP contribution in [0.2, 0.25) is 0 Å². The van der Waals surface area contributed by atoms with Gasteiger partial charge in [-0.1, -0.05) is 0 Å². The number of nitriles is 1. The number of piperazine rings is 1. The van der Waals surface area contributed by atoms with Crippen LogP contribution in [-0.4, -0.2) is 70.3 Å². The largest absolute Gasteiger partial charge is 0.388 e. The van der Waals surface area contributed by atoms with Crippen molar-refractivity contribution in [2.75, 3.05) is 59.5 Å². The third-order valence-electron chi connectivity index (χ3n) is 2.99. The molecule has 0 saturated carbocycles. The molecule has 1 aliphatic heterocycles. The maximum Gasteiger partial charge on any atom is 0.263 e. The molecule has 7 heteroatoms. The zero-order chi connectivity index (χ0) is 14.6. The summed E-state index contributed by atoms with van der Waals surface area (Å²) in [5.41, 5.74) is 0.0846. The molecule has 0 radical (unpaired) electrons. The fraction of sp³-hybridized carbons (Fsp3) is 0.692. The fourth-order valence-corrected chi connectivity index (χ4v) is 1.84. The van der Waals surface area contributed by atoms with Gasteiger partial charge in [-0.3, -0.25) is 9.69 Å². The maximum atomic E-state index is 11.6. The summed E-state index contributed by atoms with van der Waals surface area (Å²) >= 11 is 0. The van der Waals surface area contributed by atoms with E-state index in [1.165, 1.54) is 6.20 Å². The number of methoxy groups -OCH3 is 1. The van der Waals surface area contributed by atoms with Gasteiger partial charge < -0.3 is 20.7 Å². The molecule has 0 atom stereocenters. The Morgan fingerprint density at radius 3 is 2.85 bits per heavy atom. The highest BCUT2D eigenvalue weighted by molar-refractivity contribution is 5.97. The van der Waals surface area contributed by atoms with E-state index in [9.17, 15) is 4.79 Å². The van der Waals surface area contributed by atoms with Crippen LogP contribution in [0.5, 0.6) is 0 Å². The van der Waals surface area contributed by atoms with Crippen LogP contribution in [0, 0.1) is 11.3 Å². The monoisotopic (exact) mass is 281 g/mol. The summed E-state index contributed by atoms with van der Waals surface area (Å²) in [6, 6.07) is 1.89. The van der Waals surface area contributed by atoms with Gasteiger partial charge in [-0.25, -0.2) is 0 Å². The zero-order valence-corrected chi connectivity index (χ0v) is 11.9. The van der Waals surface area contributed by atoms with Gasteiger partial charge in [0.15, 0.2) is 0 Å². The first-order valence-corrected chi connectivity index (χ1v) is 6.81. The number of nitrogens with one attached hydrogen (secondary N) is 3. The molecular formula is C13H23N5O2. The minimum absolute atomic E-state index is 0.0846. The maximum absolute atomic E-state index is 11.6. The van der Waals surface area contributed by atoms with Gasteiger partial charge in [0.05, 0.1) is 6.61 Å². The molecule has 7 nitrogen and oxygen atoms in total. The van der Waals surface area contributed by atoms with Gasteiger partial charge in [0.2, 0.25) is 0 Å². The van der Waals surface area contributed by atoms with Crippen molar-refractivity contribution in [3.05, 3.63) is 11.8 Å². The molecule has 0 unspecified atom stereocenters.